The Hall–Kier alpha value is -1.14. The molecule has 17 heavy (non-hydrogen) atoms. The highest BCUT2D eigenvalue weighted by Crippen LogP contribution is 2.11. The molecule has 0 saturated heterocycles. The standard InChI is InChI=1S/C11H21NO5/c1-5-17-8(2)10(15)12-11(3,7-16-4)6-9(13)14/h8H,5-7H2,1-4H3,(H,12,15)(H,13,14). The molecule has 0 aliphatic carbocycles. The summed E-state index contributed by atoms with van der Waals surface area (Å²) in [5, 5.41) is 11.4. The summed E-state index contributed by atoms with van der Waals surface area (Å²) in [5.74, 6) is -1.33. The Labute approximate surface area is 101 Å². The van der Waals surface area contributed by atoms with E-state index in [1.165, 1.54) is 7.11 Å². The summed E-state index contributed by atoms with van der Waals surface area (Å²) in [6, 6.07) is 0. The lowest BCUT2D eigenvalue weighted by atomic mass is 9.98. The van der Waals surface area contributed by atoms with Crippen LogP contribution >= 0.6 is 0 Å². The Morgan fingerprint density at radius 1 is 1.47 bits per heavy atom. The van der Waals surface area contributed by atoms with Gasteiger partial charge in [0.2, 0.25) is 5.91 Å². The molecule has 2 N–H and O–H groups in total. The number of aliphatic carboxylic acids is 1. The SMILES string of the molecule is CCOC(C)C(=O)NC(C)(COC)CC(=O)O. The number of nitrogens with one attached hydrogen (secondary N) is 1. The van der Waals surface area contributed by atoms with Crippen molar-refractivity contribution in [2.24, 2.45) is 0 Å². The van der Waals surface area contributed by atoms with E-state index in [4.69, 9.17) is 14.6 Å². The summed E-state index contributed by atoms with van der Waals surface area (Å²) in [7, 11) is 1.46. The van der Waals surface area contributed by atoms with E-state index < -0.39 is 17.6 Å². The third-order valence-corrected chi connectivity index (χ3v) is 2.22. The van der Waals surface area contributed by atoms with Crippen molar-refractivity contribution in [3.63, 3.8) is 0 Å². The lowest BCUT2D eigenvalue weighted by Crippen LogP contribution is -2.53. The van der Waals surface area contributed by atoms with Gasteiger partial charge in [-0.1, -0.05) is 0 Å². The lowest BCUT2D eigenvalue weighted by molar-refractivity contribution is -0.141. The number of methoxy groups -OCH3 is 1. The van der Waals surface area contributed by atoms with Gasteiger partial charge < -0.3 is 19.9 Å². The molecule has 0 aromatic rings. The number of hydrogen-bond donors (Lipinski definition) is 2. The van der Waals surface area contributed by atoms with Crippen molar-refractivity contribution in [2.75, 3.05) is 20.3 Å². The van der Waals surface area contributed by atoms with Crippen LogP contribution in [0.15, 0.2) is 0 Å². The first-order valence-corrected chi connectivity index (χ1v) is 5.49. The maximum Gasteiger partial charge on any atom is 0.305 e. The second-order valence-corrected chi connectivity index (χ2v) is 4.15. The Kier molecular flexibility index (Phi) is 6.75. The van der Waals surface area contributed by atoms with Crippen molar-refractivity contribution in [2.45, 2.75) is 38.8 Å². The number of rotatable bonds is 8. The first-order chi connectivity index (χ1) is 7.84. The fourth-order valence-electron chi connectivity index (χ4n) is 1.51. The summed E-state index contributed by atoms with van der Waals surface area (Å²) >= 11 is 0. The number of carbonyl (C=O) groups excluding carboxylic acids is 1. The van der Waals surface area contributed by atoms with Gasteiger partial charge in [0.25, 0.3) is 0 Å². The second kappa shape index (κ2) is 7.24. The topological polar surface area (TPSA) is 84.9 Å². The average Bonchev–Trinajstić information content (AvgIpc) is 2.16. The minimum Gasteiger partial charge on any atom is -0.481 e. The van der Waals surface area contributed by atoms with Gasteiger partial charge in [-0.15, -0.1) is 0 Å². The predicted molar refractivity (Wildman–Crippen MR) is 61.8 cm³/mol. The summed E-state index contributed by atoms with van der Waals surface area (Å²) in [4.78, 5) is 22.4. The molecule has 0 radical (unpaired) electrons. The molecule has 6 heteroatoms. The maximum absolute atomic E-state index is 11.7. The molecule has 0 bridgehead atoms. The number of ether oxygens (including phenoxy) is 2. The maximum atomic E-state index is 11.7. The molecule has 1 amide bonds. The van der Waals surface area contributed by atoms with Gasteiger partial charge in [0.1, 0.15) is 6.10 Å². The van der Waals surface area contributed by atoms with Gasteiger partial charge >= 0.3 is 5.97 Å². The predicted octanol–water partition coefficient (Wildman–Crippen LogP) is 0.407. The number of carboxylic acids is 1. The third-order valence-electron chi connectivity index (χ3n) is 2.22. The van der Waals surface area contributed by atoms with E-state index in [0.29, 0.717) is 6.61 Å². The van der Waals surface area contributed by atoms with E-state index in [-0.39, 0.29) is 18.9 Å². The van der Waals surface area contributed by atoms with Crippen LogP contribution in [0.2, 0.25) is 0 Å². The molecule has 0 rings (SSSR count). The number of hydrogen-bond acceptors (Lipinski definition) is 4. The molecule has 0 aliphatic heterocycles. The average molecular weight is 247 g/mol. The van der Waals surface area contributed by atoms with Gasteiger partial charge in [0.15, 0.2) is 0 Å². The van der Waals surface area contributed by atoms with Crippen molar-refractivity contribution in [3.8, 4) is 0 Å². The highest BCUT2D eigenvalue weighted by Gasteiger charge is 2.31. The quantitative estimate of drug-likeness (QED) is 0.649. The van der Waals surface area contributed by atoms with Crippen LogP contribution in [0.4, 0.5) is 0 Å². The zero-order valence-corrected chi connectivity index (χ0v) is 10.8. The first-order valence-electron chi connectivity index (χ1n) is 5.49. The molecule has 0 fully saturated rings. The van der Waals surface area contributed by atoms with Crippen LogP contribution < -0.4 is 5.32 Å². The van der Waals surface area contributed by atoms with Crippen LogP contribution in [0.3, 0.4) is 0 Å². The minimum atomic E-state index is -0.992. The Bertz CT molecular complexity index is 269. The first kappa shape index (κ1) is 15.9. The van der Waals surface area contributed by atoms with E-state index in [1.807, 2.05) is 0 Å². The molecule has 0 aliphatic rings. The summed E-state index contributed by atoms with van der Waals surface area (Å²) < 4.78 is 10.1. The van der Waals surface area contributed by atoms with Gasteiger partial charge in [0, 0.05) is 13.7 Å². The largest absolute Gasteiger partial charge is 0.481 e. The van der Waals surface area contributed by atoms with Gasteiger partial charge in [-0.05, 0) is 20.8 Å². The molecular weight excluding hydrogens is 226 g/mol. The molecular formula is C11H21NO5. The van der Waals surface area contributed by atoms with E-state index in [9.17, 15) is 9.59 Å². The number of carbonyl (C=O) groups is 2. The van der Waals surface area contributed by atoms with Crippen molar-refractivity contribution < 1.29 is 24.2 Å². The van der Waals surface area contributed by atoms with E-state index >= 15 is 0 Å². The summed E-state index contributed by atoms with van der Waals surface area (Å²) in [5.41, 5.74) is -0.928. The fraction of sp³-hybridized carbons (Fsp3) is 0.818. The smallest absolute Gasteiger partial charge is 0.305 e. The zero-order chi connectivity index (χ0) is 13.5. The Morgan fingerprint density at radius 2 is 2.06 bits per heavy atom. The summed E-state index contributed by atoms with van der Waals surface area (Å²) in [6.07, 6.45) is -0.809. The minimum absolute atomic E-state index is 0.129. The van der Waals surface area contributed by atoms with Crippen molar-refractivity contribution >= 4 is 11.9 Å². The molecule has 0 heterocycles. The zero-order valence-electron chi connectivity index (χ0n) is 10.8. The van der Waals surface area contributed by atoms with E-state index in [0.717, 1.165) is 0 Å². The van der Waals surface area contributed by atoms with Crippen LogP contribution in [0, 0.1) is 0 Å². The van der Waals surface area contributed by atoms with Crippen LogP contribution in [-0.2, 0) is 19.1 Å². The second-order valence-electron chi connectivity index (χ2n) is 4.15. The highest BCUT2D eigenvalue weighted by atomic mass is 16.5. The molecule has 2 atom stereocenters. The van der Waals surface area contributed by atoms with Gasteiger partial charge in [-0.3, -0.25) is 9.59 Å². The van der Waals surface area contributed by atoms with Crippen molar-refractivity contribution in [1.29, 1.82) is 0 Å². The van der Waals surface area contributed by atoms with Crippen LogP contribution in [-0.4, -0.2) is 48.9 Å². The molecule has 0 saturated carbocycles. The normalized spacial score (nSPS) is 16.0. The fourth-order valence-corrected chi connectivity index (χ4v) is 1.51. The van der Waals surface area contributed by atoms with Crippen molar-refractivity contribution in [1.82, 2.24) is 5.32 Å². The molecule has 0 aromatic carbocycles. The summed E-state index contributed by atoms with van der Waals surface area (Å²) in [6.45, 7) is 5.59. The monoisotopic (exact) mass is 247 g/mol. The van der Waals surface area contributed by atoms with Crippen molar-refractivity contribution in [3.05, 3.63) is 0 Å². The Morgan fingerprint density at radius 3 is 2.47 bits per heavy atom. The number of amides is 1. The highest BCUT2D eigenvalue weighted by molar-refractivity contribution is 5.82. The van der Waals surface area contributed by atoms with E-state index in [1.54, 1.807) is 20.8 Å². The van der Waals surface area contributed by atoms with Gasteiger partial charge in [-0.25, -0.2) is 0 Å². The lowest BCUT2D eigenvalue weighted by Gasteiger charge is -2.29. The number of carboxylic acid groups (broad SMARTS) is 1. The Balaban J connectivity index is 4.52. The molecule has 0 spiro atoms. The van der Waals surface area contributed by atoms with Crippen LogP contribution in [0.5, 0.6) is 0 Å². The third kappa shape index (κ3) is 6.23. The molecule has 6 nitrogen and oxygen atoms in total. The molecule has 0 aromatic heterocycles. The molecule has 100 valence electrons. The van der Waals surface area contributed by atoms with Gasteiger partial charge in [-0.2, -0.15) is 0 Å². The molecule has 2 unspecified atom stereocenters. The van der Waals surface area contributed by atoms with E-state index in [2.05, 4.69) is 5.32 Å². The van der Waals surface area contributed by atoms with Crippen LogP contribution in [0.1, 0.15) is 27.2 Å². The van der Waals surface area contributed by atoms with Gasteiger partial charge in [0.05, 0.1) is 18.6 Å². The van der Waals surface area contributed by atoms with Crippen LogP contribution in [0.25, 0.3) is 0 Å².